The molecule has 170 valence electrons. The highest BCUT2D eigenvalue weighted by Gasteiger charge is 2.61. The maximum atomic E-state index is 16.0. The molecule has 5 nitrogen and oxygen atoms in total. The number of carbonyl (C=O) groups is 1. The Balaban J connectivity index is 1.29. The van der Waals surface area contributed by atoms with E-state index in [2.05, 4.69) is 34.9 Å². The van der Waals surface area contributed by atoms with E-state index in [4.69, 9.17) is 0 Å². The van der Waals surface area contributed by atoms with E-state index in [9.17, 15) is 4.79 Å². The zero-order valence-corrected chi connectivity index (χ0v) is 19.2. The standard InChI is InChI=1S/C26H33FN4O/c1-25-11-8-17-15(4-7-21-26(17,2)12-9-22(32)31(21)3)16(25)5-6-18(25)23(27)24-29-19-10-13-28-14-20(19)30-24/h9-10,12-18,21,23H,4-8,11H2,1-3H3,(H,29,30)/t15?,16-,17?,18+,21+,23?,25-,26+/m0/s1. The molecule has 0 bridgehead atoms. The topological polar surface area (TPSA) is 61.9 Å². The first-order valence-corrected chi connectivity index (χ1v) is 12.2. The van der Waals surface area contributed by atoms with Crippen LogP contribution in [0, 0.1) is 34.5 Å². The first kappa shape index (κ1) is 20.4. The molecule has 3 heterocycles. The molecule has 0 radical (unpaired) electrons. The van der Waals surface area contributed by atoms with Crippen LogP contribution in [0.25, 0.3) is 11.0 Å². The third-order valence-electron chi connectivity index (χ3n) is 10.1. The molecule has 1 aliphatic heterocycles. The molecule has 0 saturated heterocycles. The van der Waals surface area contributed by atoms with Gasteiger partial charge in [-0.05, 0) is 73.8 Å². The number of carbonyl (C=O) groups excluding carboxylic acids is 1. The average Bonchev–Trinajstić information content (AvgIpc) is 3.37. The van der Waals surface area contributed by atoms with E-state index in [1.165, 1.54) is 0 Å². The number of halogens is 1. The van der Waals surface area contributed by atoms with Crippen LogP contribution in [0.1, 0.15) is 64.4 Å². The zero-order valence-electron chi connectivity index (χ0n) is 19.2. The molecule has 2 aromatic heterocycles. The van der Waals surface area contributed by atoms with E-state index in [1.807, 2.05) is 18.0 Å². The first-order chi connectivity index (χ1) is 15.3. The van der Waals surface area contributed by atoms with Crippen LogP contribution in [0.15, 0.2) is 30.6 Å². The summed E-state index contributed by atoms with van der Waals surface area (Å²) in [6, 6.07) is 2.13. The molecule has 3 fully saturated rings. The van der Waals surface area contributed by atoms with E-state index >= 15 is 4.39 Å². The highest BCUT2D eigenvalue weighted by atomic mass is 19.1. The molecule has 32 heavy (non-hydrogen) atoms. The number of fused-ring (bicyclic) bond motifs is 6. The number of hydrogen-bond donors (Lipinski definition) is 1. The highest BCUT2D eigenvalue weighted by molar-refractivity contribution is 5.89. The number of nitrogens with one attached hydrogen (secondary N) is 1. The molecular weight excluding hydrogens is 403 g/mol. The molecule has 0 aromatic carbocycles. The summed E-state index contributed by atoms with van der Waals surface area (Å²) in [5.74, 6) is 2.32. The van der Waals surface area contributed by atoms with Crippen molar-refractivity contribution in [3.05, 3.63) is 36.4 Å². The minimum Gasteiger partial charge on any atom is -0.338 e. The fraction of sp³-hybridized carbons (Fsp3) is 0.654. The number of amides is 1. The number of rotatable bonds is 2. The number of hydrogen-bond acceptors (Lipinski definition) is 3. The fourth-order valence-corrected chi connectivity index (χ4v) is 8.46. The van der Waals surface area contributed by atoms with Gasteiger partial charge in [-0.25, -0.2) is 9.37 Å². The van der Waals surface area contributed by atoms with Crippen LogP contribution in [0.5, 0.6) is 0 Å². The van der Waals surface area contributed by atoms with Crippen LogP contribution < -0.4 is 0 Å². The van der Waals surface area contributed by atoms with Crippen LogP contribution in [-0.4, -0.2) is 38.8 Å². The van der Waals surface area contributed by atoms with Gasteiger partial charge in [0.25, 0.3) is 0 Å². The predicted molar refractivity (Wildman–Crippen MR) is 121 cm³/mol. The lowest BCUT2D eigenvalue weighted by atomic mass is 9.47. The maximum Gasteiger partial charge on any atom is 0.246 e. The van der Waals surface area contributed by atoms with Gasteiger partial charge in [0.05, 0.1) is 17.2 Å². The van der Waals surface area contributed by atoms with E-state index < -0.39 is 6.17 Å². The Hall–Kier alpha value is -2.24. The lowest BCUT2D eigenvalue weighted by Crippen LogP contribution is -2.59. The Labute approximate surface area is 188 Å². The Morgan fingerprint density at radius 1 is 1.19 bits per heavy atom. The molecule has 6 rings (SSSR count). The molecule has 3 aliphatic carbocycles. The van der Waals surface area contributed by atoms with Crippen molar-refractivity contribution in [2.24, 2.45) is 34.5 Å². The van der Waals surface area contributed by atoms with Gasteiger partial charge >= 0.3 is 0 Å². The number of aromatic nitrogens is 3. The van der Waals surface area contributed by atoms with E-state index in [-0.39, 0.29) is 22.7 Å². The highest BCUT2D eigenvalue weighted by Crippen LogP contribution is 2.67. The van der Waals surface area contributed by atoms with E-state index in [0.29, 0.717) is 29.6 Å². The largest absolute Gasteiger partial charge is 0.338 e. The SMILES string of the molecule is CN1C(=O)C=C[C@]2(C)C3CC[C@]4(C)[C@@H](C(F)c5nc6ccncc6[nH]5)CC[C@H]4C3CC[C@@H]12. The number of aromatic amines is 1. The molecule has 6 heteroatoms. The third-order valence-corrected chi connectivity index (χ3v) is 10.1. The Morgan fingerprint density at radius 2 is 2.03 bits per heavy atom. The Kier molecular flexibility index (Phi) is 4.38. The van der Waals surface area contributed by atoms with Gasteiger partial charge in [0.1, 0.15) is 5.82 Å². The lowest BCUT2D eigenvalue weighted by Gasteiger charge is -2.60. The summed E-state index contributed by atoms with van der Waals surface area (Å²) in [5.41, 5.74) is 1.63. The first-order valence-electron chi connectivity index (χ1n) is 12.2. The van der Waals surface area contributed by atoms with Crippen molar-refractivity contribution in [3.63, 3.8) is 0 Å². The summed E-state index contributed by atoms with van der Waals surface area (Å²) in [5, 5.41) is 0. The van der Waals surface area contributed by atoms with Crippen molar-refractivity contribution < 1.29 is 9.18 Å². The van der Waals surface area contributed by atoms with Gasteiger partial charge in [0.15, 0.2) is 6.17 Å². The number of nitrogens with zero attached hydrogens (tertiary/aromatic N) is 3. The second kappa shape index (κ2) is 6.88. The monoisotopic (exact) mass is 436 g/mol. The van der Waals surface area contributed by atoms with Crippen molar-refractivity contribution in [1.29, 1.82) is 0 Å². The maximum absolute atomic E-state index is 16.0. The molecule has 4 aliphatic rings. The second-order valence-electron chi connectivity index (χ2n) is 11.3. The molecule has 1 amide bonds. The molecule has 0 spiro atoms. The minimum absolute atomic E-state index is 0.00110. The summed E-state index contributed by atoms with van der Waals surface area (Å²) in [4.78, 5) is 26.2. The van der Waals surface area contributed by atoms with Crippen molar-refractivity contribution in [2.45, 2.75) is 64.6 Å². The second-order valence-corrected chi connectivity index (χ2v) is 11.3. The summed E-state index contributed by atoms with van der Waals surface area (Å²) >= 11 is 0. The normalized spacial score (nSPS) is 41.9. The summed E-state index contributed by atoms with van der Waals surface area (Å²) in [6.45, 7) is 4.71. The molecule has 1 N–H and O–H groups in total. The molecular formula is C26H33FN4O. The average molecular weight is 437 g/mol. The number of alkyl halides is 1. The third kappa shape index (κ3) is 2.64. The lowest BCUT2D eigenvalue weighted by molar-refractivity contribution is -0.139. The van der Waals surface area contributed by atoms with Gasteiger partial charge in [0, 0.05) is 30.6 Å². The summed E-state index contributed by atoms with van der Waals surface area (Å²) in [7, 11) is 1.96. The number of pyridine rings is 1. The van der Waals surface area contributed by atoms with Crippen LogP contribution in [0.3, 0.4) is 0 Å². The Bertz CT molecular complexity index is 1060. The van der Waals surface area contributed by atoms with Gasteiger partial charge < -0.3 is 9.88 Å². The number of likely N-dealkylation sites (N-methyl/N-ethyl adjacent to an activating group) is 1. The van der Waals surface area contributed by atoms with E-state index in [1.54, 1.807) is 18.5 Å². The molecule has 3 saturated carbocycles. The van der Waals surface area contributed by atoms with Gasteiger partial charge in [-0.2, -0.15) is 0 Å². The van der Waals surface area contributed by atoms with E-state index in [0.717, 1.165) is 49.6 Å². The van der Waals surface area contributed by atoms with Crippen LogP contribution in [0.4, 0.5) is 4.39 Å². The van der Waals surface area contributed by atoms with Crippen molar-refractivity contribution in [3.8, 4) is 0 Å². The fourth-order valence-electron chi connectivity index (χ4n) is 8.46. The summed E-state index contributed by atoms with van der Waals surface area (Å²) in [6.07, 6.45) is 12.8. The zero-order chi connectivity index (χ0) is 22.3. The Morgan fingerprint density at radius 3 is 2.84 bits per heavy atom. The summed E-state index contributed by atoms with van der Waals surface area (Å²) < 4.78 is 16.0. The van der Waals surface area contributed by atoms with Gasteiger partial charge in [-0.15, -0.1) is 0 Å². The quantitative estimate of drug-likeness (QED) is 0.702. The molecule has 8 atom stereocenters. The van der Waals surface area contributed by atoms with Crippen molar-refractivity contribution >= 4 is 16.9 Å². The predicted octanol–water partition coefficient (Wildman–Crippen LogP) is 5.22. The van der Waals surface area contributed by atoms with Crippen molar-refractivity contribution in [1.82, 2.24) is 19.9 Å². The number of imidazole rings is 1. The smallest absolute Gasteiger partial charge is 0.246 e. The minimum atomic E-state index is -1.07. The van der Waals surface area contributed by atoms with Crippen LogP contribution in [-0.2, 0) is 4.79 Å². The van der Waals surface area contributed by atoms with Crippen LogP contribution >= 0.6 is 0 Å². The van der Waals surface area contributed by atoms with Gasteiger partial charge in [0.2, 0.25) is 5.91 Å². The van der Waals surface area contributed by atoms with Crippen LogP contribution in [0.2, 0.25) is 0 Å². The molecule has 3 unspecified atom stereocenters. The molecule has 2 aromatic rings. The number of H-pyrrole nitrogens is 1. The van der Waals surface area contributed by atoms with Gasteiger partial charge in [-0.3, -0.25) is 9.78 Å². The van der Waals surface area contributed by atoms with Gasteiger partial charge in [-0.1, -0.05) is 19.9 Å². The van der Waals surface area contributed by atoms with Crippen molar-refractivity contribution in [2.75, 3.05) is 7.05 Å².